The number of nitrogens with two attached hydrogens (primary N) is 1. The normalized spacial score (nSPS) is 15.8. The Hall–Kier alpha value is -1.71. The number of fused-ring (bicyclic) bond motifs is 1. The molecule has 0 radical (unpaired) electrons. The Labute approximate surface area is 87.7 Å². The minimum absolute atomic E-state index is 0.544. The molecule has 2 aromatic rings. The molecule has 1 heterocycles. The van der Waals surface area contributed by atoms with E-state index < -0.39 is 0 Å². The van der Waals surface area contributed by atoms with Crippen molar-refractivity contribution in [3.8, 4) is 5.75 Å². The van der Waals surface area contributed by atoms with Crippen molar-refractivity contribution in [2.45, 2.75) is 18.9 Å². The SMILES string of the molecule is COc1cccc2c1nc(N)n2C1CC1. The topological polar surface area (TPSA) is 53.1 Å². The maximum Gasteiger partial charge on any atom is 0.201 e. The zero-order valence-corrected chi connectivity index (χ0v) is 8.60. The lowest BCUT2D eigenvalue weighted by atomic mass is 10.3. The summed E-state index contributed by atoms with van der Waals surface area (Å²) in [5.74, 6) is 1.38. The number of rotatable bonds is 2. The largest absolute Gasteiger partial charge is 0.494 e. The molecular formula is C11H13N3O. The highest BCUT2D eigenvalue weighted by atomic mass is 16.5. The highest BCUT2D eigenvalue weighted by Gasteiger charge is 2.27. The van der Waals surface area contributed by atoms with Crippen LogP contribution in [-0.4, -0.2) is 16.7 Å². The molecule has 1 aromatic carbocycles. The zero-order chi connectivity index (χ0) is 10.4. The lowest BCUT2D eigenvalue weighted by Crippen LogP contribution is -2.00. The van der Waals surface area contributed by atoms with Gasteiger partial charge in [-0.05, 0) is 25.0 Å². The molecule has 1 aliphatic rings. The van der Waals surface area contributed by atoms with Crippen LogP contribution in [0.5, 0.6) is 5.75 Å². The number of aromatic nitrogens is 2. The number of para-hydroxylation sites is 1. The van der Waals surface area contributed by atoms with Crippen molar-refractivity contribution in [1.29, 1.82) is 0 Å². The van der Waals surface area contributed by atoms with Gasteiger partial charge in [-0.3, -0.25) is 0 Å². The number of imidazole rings is 1. The van der Waals surface area contributed by atoms with Gasteiger partial charge in [0.1, 0.15) is 11.3 Å². The van der Waals surface area contributed by atoms with Crippen molar-refractivity contribution in [1.82, 2.24) is 9.55 Å². The summed E-state index contributed by atoms with van der Waals surface area (Å²) in [4.78, 5) is 4.36. The Morgan fingerprint density at radius 2 is 2.27 bits per heavy atom. The summed E-state index contributed by atoms with van der Waals surface area (Å²) in [6, 6.07) is 6.47. The number of hydrogen-bond donors (Lipinski definition) is 1. The first-order valence-corrected chi connectivity index (χ1v) is 5.11. The minimum atomic E-state index is 0.544. The first kappa shape index (κ1) is 8.59. The molecule has 15 heavy (non-hydrogen) atoms. The van der Waals surface area contributed by atoms with Gasteiger partial charge in [0.15, 0.2) is 0 Å². The molecule has 2 N–H and O–H groups in total. The van der Waals surface area contributed by atoms with E-state index in [0.717, 1.165) is 16.8 Å². The number of nitrogen functional groups attached to an aromatic ring is 1. The molecule has 1 aliphatic carbocycles. The van der Waals surface area contributed by atoms with E-state index in [9.17, 15) is 0 Å². The quantitative estimate of drug-likeness (QED) is 0.811. The molecule has 0 atom stereocenters. The Morgan fingerprint density at radius 3 is 2.93 bits per heavy atom. The number of hydrogen-bond acceptors (Lipinski definition) is 3. The fraction of sp³-hybridized carbons (Fsp3) is 0.364. The molecule has 0 bridgehead atoms. The lowest BCUT2D eigenvalue weighted by Gasteiger charge is -2.03. The van der Waals surface area contributed by atoms with Crippen LogP contribution in [0.25, 0.3) is 11.0 Å². The molecule has 78 valence electrons. The average molecular weight is 203 g/mol. The highest BCUT2D eigenvalue weighted by Crippen LogP contribution is 2.40. The fourth-order valence-corrected chi connectivity index (χ4v) is 1.99. The first-order valence-electron chi connectivity index (χ1n) is 5.11. The third kappa shape index (κ3) is 1.17. The molecular weight excluding hydrogens is 190 g/mol. The van der Waals surface area contributed by atoms with E-state index >= 15 is 0 Å². The van der Waals surface area contributed by atoms with Crippen LogP contribution in [0.2, 0.25) is 0 Å². The third-order valence-corrected chi connectivity index (χ3v) is 2.84. The number of nitrogens with zero attached hydrogens (tertiary/aromatic N) is 2. The predicted molar refractivity (Wildman–Crippen MR) is 59.0 cm³/mol. The van der Waals surface area contributed by atoms with Gasteiger partial charge in [0, 0.05) is 6.04 Å². The van der Waals surface area contributed by atoms with Gasteiger partial charge in [0.05, 0.1) is 12.6 Å². The molecule has 0 spiro atoms. The predicted octanol–water partition coefficient (Wildman–Crippen LogP) is 1.96. The van der Waals surface area contributed by atoms with E-state index in [1.807, 2.05) is 18.2 Å². The summed E-state index contributed by atoms with van der Waals surface area (Å²) < 4.78 is 7.37. The average Bonchev–Trinajstić information content (AvgIpc) is 3.00. The summed E-state index contributed by atoms with van der Waals surface area (Å²) in [5, 5.41) is 0. The van der Waals surface area contributed by atoms with Crippen molar-refractivity contribution in [3.05, 3.63) is 18.2 Å². The van der Waals surface area contributed by atoms with Gasteiger partial charge in [-0.2, -0.15) is 0 Å². The van der Waals surface area contributed by atoms with Crippen LogP contribution in [-0.2, 0) is 0 Å². The first-order chi connectivity index (χ1) is 7.31. The minimum Gasteiger partial charge on any atom is -0.494 e. The van der Waals surface area contributed by atoms with Crippen LogP contribution in [0.3, 0.4) is 0 Å². The van der Waals surface area contributed by atoms with Crippen molar-refractivity contribution in [3.63, 3.8) is 0 Å². The number of benzene rings is 1. The Bertz CT molecular complexity index is 514. The standard InChI is InChI=1S/C11H13N3O/c1-15-9-4-2-3-8-10(9)13-11(12)14(8)7-5-6-7/h2-4,7H,5-6H2,1H3,(H2,12,13). The smallest absolute Gasteiger partial charge is 0.201 e. The van der Waals surface area contributed by atoms with Gasteiger partial charge in [-0.25, -0.2) is 4.98 Å². The Balaban J connectivity index is 2.31. The van der Waals surface area contributed by atoms with Gasteiger partial charge >= 0.3 is 0 Å². The summed E-state index contributed by atoms with van der Waals surface area (Å²) in [5.41, 5.74) is 7.86. The molecule has 1 fully saturated rings. The van der Waals surface area contributed by atoms with Gasteiger partial charge in [0.25, 0.3) is 0 Å². The molecule has 1 aromatic heterocycles. The summed E-state index contributed by atoms with van der Waals surface area (Å²) in [6.45, 7) is 0. The van der Waals surface area contributed by atoms with E-state index in [1.165, 1.54) is 12.8 Å². The molecule has 0 unspecified atom stereocenters. The monoisotopic (exact) mass is 203 g/mol. The van der Waals surface area contributed by atoms with Crippen molar-refractivity contribution in [2.24, 2.45) is 0 Å². The fourth-order valence-electron chi connectivity index (χ4n) is 1.99. The van der Waals surface area contributed by atoms with Crippen LogP contribution < -0.4 is 10.5 Å². The van der Waals surface area contributed by atoms with Gasteiger partial charge in [-0.1, -0.05) is 6.07 Å². The number of methoxy groups -OCH3 is 1. The van der Waals surface area contributed by atoms with Crippen molar-refractivity contribution < 1.29 is 4.74 Å². The molecule has 4 heteroatoms. The lowest BCUT2D eigenvalue weighted by molar-refractivity contribution is 0.419. The second-order valence-electron chi connectivity index (χ2n) is 3.90. The van der Waals surface area contributed by atoms with Gasteiger partial charge in [-0.15, -0.1) is 0 Å². The van der Waals surface area contributed by atoms with E-state index in [-0.39, 0.29) is 0 Å². The molecule has 4 nitrogen and oxygen atoms in total. The summed E-state index contributed by atoms with van der Waals surface area (Å²) in [7, 11) is 1.65. The Kier molecular flexibility index (Phi) is 1.65. The zero-order valence-electron chi connectivity index (χ0n) is 8.60. The van der Waals surface area contributed by atoms with Crippen LogP contribution in [0.4, 0.5) is 5.95 Å². The maximum atomic E-state index is 5.91. The second kappa shape index (κ2) is 2.89. The number of ether oxygens (including phenoxy) is 1. The molecule has 1 saturated carbocycles. The second-order valence-corrected chi connectivity index (χ2v) is 3.90. The Morgan fingerprint density at radius 1 is 1.47 bits per heavy atom. The molecule has 0 amide bonds. The molecule has 0 saturated heterocycles. The summed E-state index contributed by atoms with van der Waals surface area (Å²) >= 11 is 0. The van der Waals surface area contributed by atoms with Crippen LogP contribution in [0.1, 0.15) is 18.9 Å². The molecule has 0 aliphatic heterocycles. The van der Waals surface area contributed by atoms with Crippen molar-refractivity contribution in [2.75, 3.05) is 12.8 Å². The van der Waals surface area contributed by atoms with Crippen LogP contribution in [0, 0.1) is 0 Å². The van der Waals surface area contributed by atoms with E-state index in [2.05, 4.69) is 9.55 Å². The van der Waals surface area contributed by atoms with Crippen LogP contribution in [0.15, 0.2) is 18.2 Å². The summed E-state index contributed by atoms with van der Waals surface area (Å²) in [6.07, 6.45) is 2.40. The van der Waals surface area contributed by atoms with E-state index in [0.29, 0.717) is 12.0 Å². The number of anilines is 1. The van der Waals surface area contributed by atoms with Gasteiger partial charge < -0.3 is 15.0 Å². The van der Waals surface area contributed by atoms with Gasteiger partial charge in [0.2, 0.25) is 5.95 Å². The molecule has 3 rings (SSSR count). The van der Waals surface area contributed by atoms with E-state index in [1.54, 1.807) is 7.11 Å². The van der Waals surface area contributed by atoms with E-state index in [4.69, 9.17) is 10.5 Å². The van der Waals surface area contributed by atoms with Crippen molar-refractivity contribution >= 4 is 17.0 Å². The maximum absolute atomic E-state index is 5.91. The third-order valence-electron chi connectivity index (χ3n) is 2.84. The highest BCUT2D eigenvalue weighted by molar-refractivity contribution is 5.84. The van der Waals surface area contributed by atoms with Crippen LogP contribution >= 0.6 is 0 Å².